The van der Waals surface area contributed by atoms with Crippen LogP contribution in [-0.2, 0) is 0 Å². The highest BCUT2D eigenvalue weighted by atomic mass is 32.1. The number of amides is 1. The molecule has 0 radical (unpaired) electrons. The Morgan fingerprint density at radius 1 is 1.14 bits per heavy atom. The van der Waals surface area contributed by atoms with Gasteiger partial charge in [0.15, 0.2) is 22.6 Å². The number of hydrogen-bond donors (Lipinski definition) is 1. The molecule has 4 rings (SSSR count). The van der Waals surface area contributed by atoms with E-state index in [1.54, 1.807) is 23.7 Å². The van der Waals surface area contributed by atoms with E-state index in [-0.39, 0.29) is 5.82 Å². The first-order valence-corrected chi connectivity index (χ1v) is 9.66. The number of rotatable bonds is 4. The van der Waals surface area contributed by atoms with Crippen molar-refractivity contribution in [3.8, 4) is 0 Å². The van der Waals surface area contributed by atoms with E-state index in [1.165, 1.54) is 11.8 Å². The Morgan fingerprint density at radius 3 is 2.59 bits per heavy atom. The van der Waals surface area contributed by atoms with Crippen LogP contribution in [-0.4, -0.2) is 38.9 Å². The van der Waals surface area contributed by atoms with Gasteiger partial charge in [-0.05, 0) is 18.9 Å². The molecule has 7 nitrogen and oxygen atoms in total. The maximum atomic E-state index is 13.7. The Hall–Kier alpha value is -3.27. The molecule has 0 saturated heterocycles. The molecule has 10 heteroatoms. The predicted octanol–water partition coefficient (Wildman–Crippen LogP) is 3.54. The van der Waals surface area contributed by atoms with E-state index in [2.05, 4.69) is 37.1 Å². The van der Waals surface area contributed by atoms with Crippen molar-refractivity contribution in [3.05, 3.63) is 64.8 Å². The van der Waals surface area contributed by atoms with Crippen LogP contribution in [0.25, 0.3) is 5.57 Å². The van der Waals surface area contributed by atoms with E-state index in [9.17, 15) is 13.6 Å². The van der Waals surface area contributed by atoms with Gasteiger partial charge in [0, 0.05) is 24.7 Å². The number of anilines is 2. The molecule has 148 valence electrons. The summed E-state index contributed by atoms with van der Waals surface area (Å²) in [7, 11) is 0. The van der Waals surface area contributed by atoms with Crippen molar-refractivity contribution < 1.29 is 13.6 Å². The molecule has 29 heavy (non-hydrogen) atoms. The SMILES string of the molecule is CC1=C(c2cnc(NC(=O)c3c(F)cncc3F)cn2)CN(c2nccs2)CC1. The van der Waals surface area contributed by atoms with Crippen LogP contribution in [0.15, 0.2) is 41.9 Å². The summed E-state index contributed by atoms with van der Waals surface area (Å²) in [4.78, 5) is 30.6. The van der Waals surface area contributed by atoms with Gasteiger partial charge in [0.2, 0.25) is 0 Å². The minimum absolute atomic E-state index is 0.0974. The largest absolute Gasteiger partial charge is 0.343 e. The molecule has 0 unspecified atom stereocenters. The van der Waals surface area contributed by atoms with Crippen LogP contribution in [0.5, 0.6) is 0 Å². The van der Waals surface area contributed by atoms with E-state index < -0.39 is 23.1 Å². The van der Waals surface area contributed by atoms with Gasteiger partial charge in [-0.15, -0.1) is 11.3 Å². The Bertz CT molecular complexity index is 1050. The molecule has 3 aromatic rings. The number of pyridine rings is 1. The van der Waals surface area contributed by atoms with Gasteiger partial charge in [-0.1, -0.05) is 5.57 Å². The Kier molecular flexibility index (Phi) is 5.26. The Morgan fingerprint density at radius 2 is 1.93 bits per heavy atom. The van der Waals surface area contributed by atoms with Gasteiger partial charge in [0.1, 0.15) is 5.56 Å². The van der Waals surface area contributed by atoms with Crippen LogP contribution >= 0.6 is 11.3 Å². The molecule has 0 spiro atoms. The zero-order chi connectivity index (χ0) is 20.4. The van der Waals surface area contributed by atoms with Crippen molar-refractivity contribution in [1.29, 1.82) is 0 Å². The molecule has 1 aliphatic rings. The van der Waals surface area contributed by atoms with Crippen molar-refractivity contribution in [2.45, 2.75) is 13.3 Å². The van der Waals surface area contributed by atoms with Gasteiger partial charge in [-0.2, -0.15) is 0 Å². The molecule has 0 saturated carbocycles. The summed E-state index contributed by atoms with van der Waals surface area (Å²) >= 11 is 1.58. The number of halogens is 2. The van der Waals surface area contributed by atoms with E-state index in [1.807, 2.05) is 5.38 Å². The second-order valence-electron chi connectivity index (χ2n) is 6.46. The molecular weight excluding hydrogens is 398 g/mol. The number of nitrogens with one attached hydrogen (secondary N) is 1. The maximum absolute atomic E-state index is 13.7. The molecule has 0 aliphatic carbocycles. The summed E-state index contributed by atoms with van der Waals surface area (Å²) in [6.45, 7) is 3.60. The van der Waals surface area contributed by atoms with Crippen LogP contribution in [0.4, 0.5) is 19.7 Å². The highest BCUT2D eigenvalue weighted by molar-refractivity contribution is 7.13. The first-order chi connectivity index (χ1) is 14.0. The van der Waals surface area contributed by atoms with Crippen LogP contribution < -0.4 is 10.2 Å². The number of nitrogens with zero attached hydrogens (tertiary/aromatic N) is 5. The van der Waals surface area contributed by atoms with Gasteiger partial charge in [0.25, 0.3) is 5.91 Å². The summed E-state index contributed by atoms with van der Waals surface area (Å²) in [6, 6.07) is 0. The Balaban J connectivity index is 1.51. The summed E-state index contributed by atoms with van der Waals surface area (Å²) in [5, 5.41) is 5.25. The molecule has 0 atom stereocenters. The summed E-state index contributed by atoms with van der Waals surface area (Å²) in [6.07, 6.45) is 7.12. The third kappa shape index (κ3) is 3.97. The van der Waals surface area contributed by atoms with Crippen LogP contribution in [0.2, 0.25) is 0 Å². The summed E-state index contributed by atoms with van der Waals surface area (Å²) < 4.78 is 27.4. The zero-order valence-electron chi connectivity index (χ0n) is 15.4. The molecule has 1 N–H and O–H groups in total. The fourth-order valence-corrected chi connectivity index (χ4v) is 3.72. The molecule has 4 heterocycles. The maximum Gasteiger partial charge on any atom is 0.262 e. The first kappa shape index (κ1) is 19.1. The predicted molar refractivity (Wildman–Crippen MR) is 106 cm³/mol. The van der Waals surface area contributed by atoms with Crippen molar-refractivity contribution >= 4 is 33.8 Å². The van der Waals surface area contributed by atoms with Gasteiger partial charge in [-0.25, -0.2) is 18.7 Å². The number of hydrogen-bond acceptors (Lipinski definition) is 7. The second-order valence-corrected chi connectivity index (χ2v) is 7.34. The molecule has 1 aliphatic heterocycles. The lowest BCUT2D eigenvalue weighted by molar-refractivity contribution is 0.101. The average Bonchev–Trinajstić information content (AvgIpc) is 3.24. The van der Waals surface area contributed by atoms with E-state index in [0.29, 0.717) is 12.2 Å². The quantitative estimate of drug-likeness (QED) is 0.703. The monoisotopic (exact) mass is 414 g/mol. The number of carbonyl (C=O) groups is 1. The molecule has 0 bridgehead atoms. The Labute approximate surface area is 169 Å². The smallest absolute Gasteiger partial charge is 0.262 e. The van der Waals surface area contributed by atoms with Gasteiger partial charge in [0.05, 0.1) is 30.5 Å². The lowest BCUT2D eigenvalue weighted by Crippen LogP contribution is -2.31. The fourth-order valence-electron chi connectivity index (χ4n) is 3.05. The summed E-state index contributed by atoms with van der Waals surface area (Å²) in [5.41, 5.74) is 2.23. The average molecular weight is 414 g/mol. The first-order valence-electron chi connectivity index (χ1n) is 8.78. The molecule has 1 amide bonds. The normalized spacial score (nSPS) is 14.2. The lowest BCUT2D eigenvalue weighted by Gasteiger charge is -2.29. The van der Waals surface area contributed by atoms with Crippen LogP contribution in [0, 0.1) is 11.6 Å². The standard InChI is InChI=1S/C19H16F2N6OS/c1-11-2-4-27(19-23-3-5-29-19)10-12(11)15-8-25-16(9-24-15)26-18(28)17-13(20)6-22-7-14(17)21/h3,5-9H,2,4,10H2,1H3,(H,25,26,28). The van der Waals surface area contributed by atoms with Crippen molar-refractivity contribution in [2.75, 3.05) is 23.3 Å². The van der Waals surface area contributed by atoms with E-state index in [4.69, 9.17) is 0 Å². The van der Waals surface area contributed by atoms with Crippen molar-refractivity contribution in [3.63, 3.8) is 0 Å². The lowest BCUT2D eigenvalue weighted by atomic mass is 9.99. The number of aromatic nitrogens is 4. The van der Waals surface area contributed by atoms with Gasteiger partial charge >= 0.3 is 0 Å². The van der Waals surface area contributed by atoms with Crippen molar-refractivity contribution in [1.82, 2.24) is 19.9 Å². The van der Waals surface area contributed by atoms with Crippen molar-refractivity contribution in [2.24, 2.45) is 0 Å². The minimum Gasteiger partial charge on any atom is -0.343 e. The molecule has 0 aromatic carbocycles. The second kappa shape index (κ2) is 8.00. The molecule has 0 fully saturated rings. The topological polar surface area (TPSA) is 83.9 Å². The molecular formula is C19H16F2N6OS. The van der Waals surface area contributed by atoms with E-state index in [0.717, 1.165) is 36.1 Å². The van der Waals surface area contributed by atoms with Crippen LogP contribution in [0.1, 0.15) is 29.4 Å². The highest BCUT2D eigenvalue weighted by Crippen LogP contribution is 2.29. The summed E-state index contributed by atoms with van der Waals surface area (Å²) in [5.74, 6) is -2.94. The third-order valence-corrected chi connectivity index (χ3v) is 5.43. The minimum atomic E-state index is -1.04. The fraction of sp³-hybridized carbons (Fsp3) is 0.211. The number of thiazole rings is 1. The van der Waals surface area contributed by atoms with Gasteiger partial charge < -0.3 is 10.2 Å². The third-order valence-electron chi connectivity index (χ3n) is 4.59. The molecule has 3 aromatic heterocycles. The zero-order valence-corrected chi connectivity index (χ0v) is 16.2. The van der Waals surface area contributed by atoms with Crippen LogP contribution in [0.3, 0.4) is 0 Å². The highest BCUT2D eigenvalue weighted by Gasteiger charge is 2.22. The van der Waals surface area contributed by atoms with Gasteiger partial charge in [-0.3, -0.25) is 14.8 Å². The number of carbonyl (C=O) groups excluding carboxylic acids is 1. The van der Waals surface area contributed by atoms with E-state index >= 15 is 0 Å².